The average Bonchev–Trinajstić information content (AvgIpc) is 2.73. The van der Waals surface area contributed by atoms with Gasteiger partial charge in [-0.05, 0) is 46.8 Å². The van der Waals surface area contributed by atoms with Crippen LogP contribution in [0.3, 0.4) is 0 Å². The molecule has 1 unspecified atom stereocenters. The first kappa shape index (κ1) is 16.7. The van der Waals surface area contributed by atoms with Gasteiger partial charge in [0.25, 0.3) is 0 Å². The summed E-state index contributed by atoms with van der Waals surface area (Å²) in [6.07, 6.45) is 2.06. The van der Waals surface area contributed by atoms with Gasteiger partial charge in [-0.1, -0.05) is 0 Å². The van der Waals surface area contributed by atoms with Gasteiger partial charge in [0.15, 0.2) is 0 Å². The summed E-state index contributed by atoms with van der Waals surface area (Å²) in [6, 6.07) is 0.612. The highest BCUT2D eigenvalue weighted by atomic mass is 35.5. The predicted molar refractivity (Wildman–Crippen MR) is 71.6 cm³/mol. The Morgan fingerprint density at radius 2 is 2.18 bits per heavy atom. The molecule has 1 heterocycles. The zero-order valence-electron chi connectivity index (χ0n) is 11.3. The van der Waals surface area contributed by atoms with Crippen molar-refractivity contribution in [2.24, 2.45) is 5.41 Å². The molecule has 0 radical (unpaired) electrons. The Kier molecular flexibility index (Phi) is 7.05. The van der Waals surface area contributed by atoms with E-state index in [1.54, 1.807) is 0 Å². The predicted octanol–water partition coefficient (Wildman–Crippen LogP) is 1.29. The number of methoxy groups -OCH3 is 1. The lowest BCUT2D eigenvalue weighted by Crippen LogP contribution is -2.34. The Balaban J connectivity index is 0.00000256. The number of carbonyl (C=O) groups excluding carboxylic acids is 1. The van der Waals surface area contributed by atoms with Crippen molar-refractivity contribution in [1.82, 2.24) is 10.2 Å². The minimum absolute atomic E-state index is 0. The Morgan fingerprint density at radius 3 is 2.65 bits per heavy atom. The third-order valence-electron chi connectivity index (χ3n) is 3.47. The smallest absolute Gasteiger partial charge is 0.311 e. The third-order valence-corrected chi connectivity index (χ3v) is 3.47. The van der Waals surface area contributed by atoms with E-state index in [0.717, 1.165) is 26.1 Å². The minimum Gasteiger partial charge on any atom is -0.469 e. The SMILES string of the molecule is CNC1CCN(CCC(C)(C)C(=O)OC)C1.Cl. The number of ether oxygens (including phenoxy) is 1. The molecule has 1 fully saturated rings. The third kappa shape index (κ3) is 4.82. The molecule has 0 saturated carbocycles. The van der Waals surface area contributed by atoms with Gasteiger partial charge in [-0.2, -0.15) is 0 Å². The van der Waals surface area contributed by atoms with Crippen LogP contribution >= 0.6 is 12.4 Å². The van der Waals surface area contributed by atoms with Gasteiger partial charge in [0, 0.05) is 12.6 Å². The molecule has 1 saturated heterocycles. The second-order valence-corrected chi connectivity index (χ2v) is 5.20. The normalized spacial score (nSPS) is 21.1. The Labute approximate surface area is 110 Å². The lowest BCUT2D eigenvalue weighted by Gasteiger charge is -2.24. The molecule has 17 heavy (non-hydrogen) atoms. The molecular weight excluding hydrogens is 240 g/mol. The lowest BCUT2D eigenvalue weighted by molar-refractivity contribution is -0.151. The fourth-order valence-electron chi connectivity index (χ4n) is 2.09. The zero-order chi connectivity index (χ0) is 12.2. The van der Waals surface area contributed by atoms with Gasteiger partial charge >= 0.3 is 5.97 Å². The molecule has 1 atom stereocenters. The fraction of sp³-hybridized carbons (Fsp3) is 0.917. The van der Waals surface area contributed by atoms with Gasteiger partial charge in [0.1, 0.15) is 0 Å². The maximum atomic E-state index is 11.5. The molecular formula is C12H25ClN2O2. The van der Waals surface area contributed by atoms with Crippen LogP contribution in [0.25, 0.3) is 0 Å². The summed E-state index contributed by atoms with van der Waals surface area (Å²) in [5, 5.41) is 3.29. The van der Waals surface area contributed by atoms with Crippen LogP contribution in [-0.2, 0) is 9.53 Å². The maximum Gasteiger partial charge on any atom is 0.311 e. The number of nitrogens with one attached hydrogen (secondary N) is 1. The van der Waals surface area contributed by atoms with Crippen molar-refractivity contribution in [3.8, 4) is 0 Å². The van der Waals surface area contributed by atoms with E-state index >= 15 is 0 Å². The topological polar surface area (TPSA) is 41.6 Å². The average molecular weight is 265 g/mol. The summed E-state index contributed by atoms with van der Waals surface area (Å²) < 4.78 is 4.80. The molecule has 0 aliphatic carbocycles. The van der Waals surface area contributed by atoms with Crippen LogP contribution in [0.1, 0.15) is 26.7 Å². The highest BCUT2D eigenvalue weighted by Gasteiger charge is 2.30. The summed E-state index contributed by atoms with van der Waals surface area (Å²) in [5.74, 6) is -0.114. The molecule has 0 amide bonds. The second kappa shape index (κ2) is 7.19. The summed E-state index contributed by atoms with van der Waals surface area (Å²) in [6.45, 7) is 7.09. The number of nitrogens with zero attached hydrogens (tertiary/aromatic N) is 1. The largest absolute Gasteiger partial charge is 0.469 e. The van der Waals surface area contributed by atoms with Crippen LogP contribution in [0, 0.1) is 5.41 Å². The number of rotatable bonds is 5. The van der Waals surface area contributed by atoms with E-state index in [2.05, 4.69) is 10.2 Å². The van der Waals surface area contributed by atoms with Gasteiger partial charge in [0.2, 0.25) is 0 Å². The Morgan fingerprint density at radius 1 is 1.53 bits per heavy atom. The molecule has 0 aromatic heterocycles. The van der Waals surface area contributed by atoms with Crippen molar-refractivity contribution in [2.75, 3.05) is 33.8 Å². The molecule has 1 N–H and O–H groups in total. The number of likely N-dealkylation sites (N-methyl/N-ethyl adjacent to an activating group) is 1. The molecule has 102 valence electrons. The van der Waals surface area contributed by atoms with Crippen LogP contribution in [0.2, 0.25) is 0 Å². The van der Waals surface area contributed by atoms with E-state index in [4.69, 9.17) is 4.74 Å². The summed E-state index contributed by atoms with van der Waals surface area (Å²) in [5.41, 5.74) is -0.369. The maximum absolute atomic E-state index is 11.5. The molecule has 0 spiro atoms. The molecule has 1 aliphatic rings. The van der Waals surface area contributed by atoms with Crippen molar-refractivity contribution in [3.63, 3.8) is 0 Å². The summed E-state index contributed by atoms with van der Waals surface area (Å²) in [4.78, 5) is 13.9. The standard InChI is InChI=1S/C12H24N2O2.ClH/c1-12(2,11(15)16-4)6-8-14-7-5-10(9-14)13-3;/h10,13H,5-9H2,1-4H3;1H. The van der Waals surface area contributed by atoms with Crippen molar-refractivity contribution >= 4 is 18.4 Å². The van der Waals surface area contributed by atoms with E-state index in [1.807, 2.05) is 20.9 Å². The van der Waals surface area contributed by atoms with Gasteiger partial charge in [0.05, 0.1) is 12.5 Å². The first-order valence-corrected chi connectivity index (χ1v) is 5.97. The highest BCUT2D eigenvalue weighted by Crippen LogP contribution is 2.23. The second-order valence-electron chi connectivity index (χ2n) is 5.20. The monoisotopic (exact) mass is 264 g/mol. The quantitative estimate of drug-likeness (QED) is 0.760. The lowest BCUT2D eigenvalue weighted by atomic mass is 9.89. The van der Waals surface area contributed by atoms with E-state index in [1.165, 1.54) is 13.5 Å². The van der Waals surface area contributed by atoms with Gasteiger partial charge in [-0.3, -0.25) is 4.79 Å². The van der Waals surface area contributed by atoms with Crippen LogP contribution < -0.4 is 5.32 Å². The first-order chi connectivity index (χ1) is 7.49. The number of esters is 1. The highest BCUT2D eigenvalue weighted by molar-refractivity contribution is 5.85. The zero-order valence-corrected chi connectivity index (χ0v) is 12.1. The van der Waals surface area contributed by atoms with Gasteiger partial charge in [-0.15, -0.1) is 12.4 Å². The van der Waals surface area contributed by atoms with Crippen LogP contribution in [0.15, 0.2) is 0 Å². The van der Waals surface area contributed by atoms with E-state index < -0.39 is 0 Å². The number of halogens is 1. The van der Waals surface area contributed by atoms with Crippen molar-refractivity contribution in [1.29, 1.82) is 0 Å². The summed E-state index contributed by atoms with van der Waals surface area (Å²) >= 11 is 0. The van der Waals surface area contributed by atoms with Crippen molar-refractivity contribution in [3.05, 3.63) is 0 Å². The van der Waals surface area contributed by atoms with Gasteiger partial charge in [-0.25, -0.2) is 0 Å². The molecule has 0 aromatic rings. The van der Waals surface area contributed by atoms with Crippen molar-refractivity contribution < 1.29 is 9.53 Å². The molecule has 4 nitrogen and oxygen atoms in total. The Bertz CT molecular complexity index is 247. The van der Waals surface area contributed by atoms with Crippen LogP contribution in [-0.4, -0.2) is 50.7 Å². The Hall–Kier alpha value is -0.320. The van der Waals surface area contributed by atoms with Crippen molar-refractivity contribution in [2.45, 2.75) is 32.7 Å². The number of hydrogen-bond acceptors (Lipinski definition) is 4. The molecule has 0 bridgehead atoms. The number of carbonyl (C=O) groups is 1. The van der Waals surface area contributed by atoms with Crippen LogP contribution in [0.5, 0.6) is 0 Å². The number of likely N-dealkylation sites (tertiary alicyclic amines) is 1. The van der Waals surface area contributed by atoms with E-state index in [0.29, 0.717) is 6.04 Å². The minimum atomic E-state index is -0.369. The number of hydrogen-bond donors (Lipinski definition) is 1. The fourth-order valence-corrected chi connectivity index (χ4v) is 2.09. The summed E-state index contributed by atoms with van der Waals surface area (Å²) in [7, 11) is 3.46. The van der Waals surface area contributed by atoms with Crippen LogP contribution in [0.4, 0.5) is 0 Å². The molecule has 0 aromatic carbocycles. The van der Waals surface area contributed by atoms with E-state index in [9.17, 15) is 4.79 Å². The molecule has 1 rings (SSSR count). The molecule has 5 heteroatoms. The first-order valence-electron chi connectivity index (χ1n) is 5.97. The van der Waals surface area contributed by atoms with E-state index in [-0.39, 0.29) is 23.8 Å². The van der Waals surface area contributed by atoms with Gasteiger partial charge < -0.3 is 15.0 Å². The molecule has 1 aliphatic heterocycles.